The lowest BCUT2D eigenvalue weighted by molar-refractivity contribution is -0.114. The molecule has 1 amide bonds. The Kier molecular flexibility index (Phi) is 7.75. The van der Waals surface area contributed by atoms with Crippen molar-refractivity contribution >= 4 is 17.6 Å². The summed E-state index contributed by atoms with van der Waals surface area (Å²) >= 11 is 0. The highest BCUT2D eigenvalue weighted by atomic mass is 16.5. The first-order valence-corrected chi connectivity index (χ1v) is 9.51. The summed E-state index contributed by atoms with van der Waals surface area (Å²) in [5, 5.41) is 6.15. The predicted octanol–water partition coefficient (Wildman–Crippen LogP) is 2.97. The van der Waals surface area contributed by atoms with E-state index in [2.05, 4.69) is 36.3 Å². The number of amides is 1. The molecule has 1 saturated heterocycles. The zero-order valence-electron chi connectivity index (χ0n) is 16.4. The van der Waals surface area contributed by atoms with E-state index in [1.54, 1.807) is 0 Å². The van der Waals surface area contributed by atoms with Gasteiger partial charge in [-0.2, -0.15) is 0 Å². The Bertz CT molecular complexity index is 608. The van der Waals surface area contributed by atoms with Crippen molar-refractivity contribution in [3.05, 3.63) is 24.3 Å². The third-order valence-electron chi connectivity index (χ3n) is 4.28. The molecule has 26 heavy (non-hydrogen) atoms. The van der Waals surface area contributed by atoms with Crippen LogP contribution in [0.4, 0.5) is 5.69 Å². The van der Waals surface area contributed by atoms with E-state index in [4.69, 9.17) is 9.73 Å². The summed E-state index contributed by atoms with van der Waals surface area (Å²) in [6, 6.07) is 7.41. The molecular weight excluding hydrogens is 328 g/mol. The minimum atomic E-state index is -0.0907. The third kappa shape index (κ3) is 6.58. The fourth-order valence-electron chi connectivity index (χ4n) is 3.44. The van der Waals surface area contributed by atoms with E-state index >= 15 is 0 Å². The molecule has 0 radical (unpaired) electrons. The highest BCUT2D eigenvalue weighted by molar-refractivity contribution is 5.88. The number of nitrogens with one attached hydrogen (secondary N) is 2. The van der Waals surface area contributed by atoms with Gasteiger partial charge in [-0.1, -0.05) is 19.9 Å². The van der Waals surface area contributed by atoms with Gasteiger partial charge in [0.1, 0.15) is 12.4 Å². The molecule has 0 saturated carbocycles. The second-order valence-corrected chi connectivity index (χ2v) is 7.14. The maximum Gasteiger partial charge on any atom is 0.221 e. The zero-order chi connectivity index (χ0) is 18.9. The first-order valence-electron chi connectivity index (χ1n) is 9.51. The molecule has 2 atom stereocenters. The highest BCUT2D eigenvalue weighted by Crippen LogP contribution is 2.21. The smallest absolute Gasteiger partial charge is 0.221 e. The molecule has 1 aromatic rings. The van der Waals surface area contributed by atoms with Crippen molar-refractivity contribution < 1.29 is 9.53 Å². The second kappa shape index (κ2) is 10.0. The van der Waals surface area contributed by atoms with Crippen LogP contribution in [0.1, 0.15) is 34.1 Å². The highest BCUT2D eigenvalue weighted by Gasteiger charge is 2.23. The van der Waals surface area contributed by atoms with E-state index in [0.29, 0.717) is 25.0 Å². The number of carbonyl (C=O) groups is 1. The molecule has 1 fully saturated rings. The van der Waals surface area contributed by atoms with Gasteiger partial charge in [0.2, 0.25) is 5.91 Å². The Balaban J connectivity index is 1.89. The van der Waals surface area contributed by atoms with Gasteiger partial charge in [-0.3, -0.25) is 4.79 Å². The van der Waals surface area contributed by atoms with Crippen LogP contribution in [0.2, 0.25) is 0 Å². The lowest BCUT2D eigenvalue weighted by Crippen LogP contribution is -2.48. The summed E-state index contributed by atoms with van der Waals surface area (Å²) in [4.78, 5) is 18.2. The number of nitrogens with zero attached hydrogens (tertiary/aromatic N) is 2. The molecule has 0 bridgehead atoms. The Morgan fingerprint density at radius 2 is 2.04 bits per heavy atom. The largest absolute Gasteiger partial charge is 0.492 e. The van der Waals surface area contributed by atoms with Gasteiger partial charge >= 0.3 is 0 Å². The van der Waals surface area contributed by atoms with Gasteiger partial charge in [0.25, 0.3) is 0 Å². The molecule has 2 N–H and O–H groups in total. The van der Waals surface area contributed by atoms with E-state index < -0.39 is 0 Å². The van der Waals surface area contributed by atoms with Gasteiger partial charge in [0.15, 0.2) is 5.96 Å². The number of ether oxygens (including phenoxy) is 1. The van der Waals surface area contributed by atoms with Crippen molar-refractivity contribution in [2.75, 3.05) is 38.1 Å². The van der Waals surface area contributed by atoms with Crippen LogP contribution in [0.3, 0.4) is 0 Å². The van der Waals surface area contributed by atoms with Crippen molar-refractivity contribution in [1.29, 1.82) is 0 Å². The van der Waals surface area contributed by atoms with Crippen LogP contribution in [0.5, 0.6) is 5.75 Å². The standard InChI is InChI=1S/C20H32N4O2/c1-5-21-20(24-13-15(2)11-16(3)14-24)22-9-10-26-19-8-6-7-18(12-19)23-17(4)25/h6-8,12,15-16H,5,9-11,13-14H2,1-4H3,(H,21,22)(H,23,25). The van der Waals surface area contributed by atoms with Crippen molar-refractivity contribution in [3.63, 3.8) is 0 Å². The number of guanidine groups is 1. The number of rotatable bonds is 6. The summed E-state index contributed by atoms with van der Waals surface area (Å²) in [6.45, 7) is 12.2. The van der Waals surface area contributed by atoms with Crippen molar-refractivity contribution in [2.45, 2.75) is 34.1 Å². The van der Waals surface area contributed by atoms with Gasteiger partial charge in [-0.15, -0.1) is 0 Å². The topological polar surface area (TPSA) is 66.0 Å². The molecule has 1 heterocycles. The van der Waals surface area contributed by atoms with Crippen LogP contribution in [0, 0.1) is 11.8 Å². The summed E-state index contributed by atoms with van der Waals surface area (Å²) in [5.41, 5.74) is 0.739. The average molecular weight is 361 g/mol. The van der Waals surface area contributed by atoms with E-state index in [1.807, 2.05) is 24.3 Å². The van der Waals surface area contributed by atoms with E-state index in [9.17, 15) is 4.79 Å². The lowest BCUT2D eigenvalue weighted by Gasteiger charge is -2.37. The van der Waals surface area contributed by atoms with E-state index in [0.717, 1.165) is 37.0 Å². The minimum absolute atomic E-state index is 0.0907. The Hall–Kier alpha value is -2.24. The minimum Gasteiger partial charge on any atom is -0.492 e. The predicted molar refractivity (Wildman–Crippen MR) is 107 cm³/mol. The van der Waals surface area contributed by atoms with Gasteiger partial charge in [-0.05, 0) is 37.3 Å². The molecule has 1 aliphatic heterocycles. The molecule has 2 rings (SSSR count). The van der Waals surface area contributed by atoms with Gasteiger partial charge in [-0.25, -0.2) is 4.99 Å². The molecule has 6 nitrogen and oxygen atoms in total. The first-order chi connectivity index (χ1) is 12.5. The number of aliphatic imine (C=N–C) groups is 1. The Morgan fingerprint density at radius 3 is 2.69 bits per heavy atom. The number of likely N-dealkylation sites (tertiary alicyclic amines) is 1. The number of hydrogen-bond acceptors (Lipinski definition) is 3. The molecular formula is C20H32N4O2. The molecule has 0 aromatic heterocycles. The normalized spacial score (nSPS) is 20.6. The monoisotopic (exact) mass is 360 g/mol. The zero-order valence-corrected chi connectivity index (χ0v) is 16.4. The van der Waals surface area contributed by atoms with Crippen LogP contribution in [-0.4, -0.2) is 49.6 Å². The van der Waals surface area contributed by atoms with Crippen LogP contribution in [0.25, 0.3) is 0 Å². The SMILES string of the molecule is CCNC(=NCCOc1cccc(NC(C)=O)c1)N1CC(C)CC(C)C1. The fourth-order valence-corrected chi connectivity index (χ4v) is 3.44. The molecule has 2 unspecified atom stereocenters. The second-order valence-electron chi connectivity index (χ2n) is 7.14. The van der Waals surface area contributed by atoms with Crippen molar-refractivity contribution in [2.24, 2.45) is 16.8 Å². The molecule has 144 valence electrons. The molecule has 6 heteroatoms. The first kappa shape index (κ1) is 20.1. The van der Waals surface area contributed by atoms with E-state index in [1.165, 1.54) is 13.3 Å². The Labute approximate surface area is 157 Å². The number of piperidine rings is 1. The summed E-state index contributed by atoms with van der Waals surface area (Å²) in [6.07, 6.45) is 1.28. The van der Waals surface area contributed by atoms with Gasteiger partial charge in [0, 0.05) is 38.3 Å². The van der Waals surface area contributed by atoms with Crippen molar-refractivity contribution in [1.82, 2.24) is 10.2 Å². The van der Waals surface area contributed by atoms with Crippen LogP contribution in [0.15, 0.2) is 29.3 Å². The maximum absolute atomic E-state index is 11.1. The molecule has 0 spiro atoms. The van der Waals surface area contributed by atoms with Gasteiger partial charge in [0.05, 0.1) is 6.54 Å². The summed E-state index contributed by atoms with van der Waals surface area (Å²) in [5.74, 6) is 3.00. The molecule has 1 aliphatic rings. The van der Waals surface area contributed by atoms with Crippen molar-refractivity contribution in [3.8, 4) is 5.75 Å². The van der Waals surface area contributed by atoms with Crippen LogP contribution >= 0.6 is 0 Å². The summed E-state index contributed by atoms with van der Waals surface area (Å²) in [7, 11) is 0. The van der Waals surface area contributed by atoms with Crippen LogP contribution in [-0.2, 0) is 4.79 Å². The van der Waals surface area contributed by atoms with Crippen LogP contribution < -0.4 is 15.4 Å². The Morgan fingerprint density at radius 1 is 1.31 bits per heavy atom. The maximum atomic E-state index is 11.1. The van der Waals surface area contributed by atoms with Gasteiger partial charge < -0.3 is 20.3 Å². The quantitative estimate of drug-likeness (QED) is 0.465. The van der Waals surface area contributed by atoms with E-state index in [-0.39, 0.29) is 5.91 Å². The lowest BCUT2D eigenvalue weighted by atomic mass is 9.92. The molecule has 0 aliphatic carbocycles. The number of anilines is 1. The number of carbonyl (C=O) groups excluding carboxylic acids is 1. The number of hydrogen-bond donors (Lipinski definition) is 2. The fraction of sp³-hybridized carbons (Fsp3) is 0.600. The third-order valence-corrected chi connectivity index (χ3v) is 4.28. The number of benzene rings is 1. The average Bonchev–Trinajstić information content (AvgIpc) is 2.56. The summed E-state index contributed by atoms with van der Waals surface area (Å²) < 4.78 is 5.78. The molecule has 1 aromatic carbocycles.